The van der Waals surface area contributed by atoms with Crippen LogP contribution in [-0.2, 0) is 19.1 Å². The second-order valence-electron chi connectivity index (χ2n) is 6.99. The monoisotopic (exact) mass is 404 g/mol. The Balaban J connectivity index is 1.83. The first-order valence-corrected chi connectivity index (χ1v) is 8.98. The van der Waals surface area contributed by atoms with Gasteiger partial charge in [0.2, 0.25) is 0 Å². The van der Waals surface area contributed by atoms with Gasteiger partial charge in [0.15, 0.2) is 6.61 Å². The van der Waals surface area contributed by atoms with Crippen LogP contribution in [0.1, 0.15) is 30.6 Å². The van der Waals surface area contributed by atoms with Gasteiger partial charge in [-0.2, -0.15) is 0 Å². The van der Waals surface area contributed by atoms with Crippen molar-refractivity contribution in [2.24, 2.45) is 0 Å². The number of anilines is 1. The standard InChI is InChI=1S/C19H24N4O6/c1-5-19(2)17(27)23(18(28)21-19)10-15(25)29-11-14(24)20-13-8-6-12(7-9-13)16(26)22(3)4/h6-9H,5,10-11H2,1-4H3,(H,20,24)(H,21,28)/t19-/m1/s1. The first-order chi connectivity index (χ1) is 13.6. The Morgan fingerprint density at radius 2 is 1.79 bits per heavy atom. The van der Waals surface area contributed by atoms with E-state index in [4.69, 9.17) is 4.74 Å². The smallest absolute Gasteiger partial charge is 0.326 e. The van der Waals surface area contributed by atoms with Crippen LogP contribution in [0.25, 0.3) is 0 Å². The van der Waals surface area contributed by atoms with Crippen molar-refractivity contribution < 1.29 is 28.7 Å². The number of carbonyl (C=O) groups is 5. The average molecular weight is 404 g/mol. The van der Waals surface area contributed by atoms with Crippen LogP contribution in [0.15, 0.2) is 24.3 Å². The molecule has 1 atom stereocenters. The minimum Gasteiger partial charge on any atom is -0.454 e. The molecule has 156 valence electrons. The second kappa shape index (κ2) is 8.72. The predicted octanol–water partition coefficient (Wildman–Crippen LogP) is 0.591. The minimum absolute atomic E-state index is 0.170. The molecule has 10 nitrogen and oxygen atoms in total. The molecule has 0 bridgehead atoms. The van der Waals surface area contributed by atoms with E-state index in [9.17, 15) is 24.0 Å². The maximum Gasteiger partial charge on any atom is 0.326 e. The van der Waals surface area contributed by atoms with Gasteiger partial charge in [-0.3, -0.25) is 24.1 Å². The highest BCUT2D eigenvalue weighted by Gasteiger charge is 2.47. The summed E-state index contributed by atoms with van der Waals surface area (Å²) in [5.74, 6) is -2.16. The van der Waals surface area contributed by atoms with Gasteiger partial charge in [0.25, 0.3) is 17.7 Å². The molecule has 1 aliphatic rings. The van der Waals surface area contributed by atoms with Crippen LogP contribution in [0, 0.1) is 0 Å². The molecular weight excluding hydrogens is 380 g/mol. The first kappa shape index (κ1) is 21.9. The van der Waals surface area contributed by atoms with Crippen molar-refractivity contribution in [1.29, 1.82) is 0 Å². The highest BCUT2D eigenvalue weighted by atomic mass is 16.5. The Labute approximate surface area is 168 Å². The lowest BCUT2D eigenvalue weighted by Crippen LogP contribution is -2.43. The topological polar surface area (TPSA) is 125 Å². The maximum atomic E-state index is 12.2. The summed E-state index contributed by atoms with van der Waals surface area (Å²) in [5, 5.41) is 5.05. The van der Waals surface area contributed by atoms with E-state index in [1.54, 1.807) is 52.2 Å². The molecule has 5 amide bonds. The summed E-state index contributed by atoms with van der Waals surface area (Å²) < 4.78 is 4.84. The average Bonchev–Trinajstić information content (AvgIpc) is 2.90. The SMILES string of the molecule is CC[C@@]1(C)NC(=O)N(CC(=O)OCC(=O)Nc2ccc(C(=O)N(C)C)cc2)C1=O. The van der Waals surface area contributed by atoms with Gasteiger partial charge in [-0.25, -0.2) is 4.79 Å². The summed E-state index contributed by atoms with van der Waals surface area (Å²) in [6.07, 6.45) is 0.379. The Morgan fingerprint density at radius 3 is 2.31 bits per heavy atom. The van der Waals surface area contributed by atoms with Crippen molar-refractivity contribution in [1.82, 2.24) is 15.1 Å². The lowest BCUT2D eigenvalue weighted by molar-refractivity contribution is -0.150. The van der Waals surface area contributed by atoms with E-state index < -0.39 is 42.5 Å². The molecule has 0 radical (unpaired) electrons. The lowest BCUT2D eigenvalue weighted by atomic mass is 9.99. The van der Waals surface area contributed by atoms with Crippen molar-refractivity contribution in [2.45, 2.75) is 25.8 Å². The molecular formula is C19H24N4O6. The number of hydrogen-bond acceptors (Lipinski definition) is 6. The molecule has 10 heteroatoms. The third kappa shape index (κ3) is 5.09. The van der Waals surface area contributed by atoms with Crippen LogP contribution in [-0.4, -0.2) is 72.3 Å². The number of benzene rings is 1. The molecule has 1 saturated heterocycles. The van der Waals surface area contributed by atoms with Crippen LogP contribution in [0.5, 0.6) is 0 Å². The van der Waals surface area contributed by atoms with Crippen LogP contribution < -0.4 is 10.6 Å². The number of nitrogens with zero attached hydrogens (tertiary/aromatic N) is 2. The van der Waals surface area contributed by atoms with Crippen molar-refractivity contribution >= 4 is 35.4 Å². The molecule has 29 heavy (non-hydrogen) atoms. The second-order valence-corrected chi connectivity index (χ2v) is 6.99. The largest absolute Gasteiger partial charge is 0.454 e. The zero-order chi connectivity index (χ0) is 21.8. The van der Waals surface area contributed by atoms with Gasteiger partial charge in [0.05, 0.1) is 0 Å². The Hall–Kier alpha value is -3.43. The van der Waals surface area contributed by atoms with E-state index in [2.05, 4.69) is 10.6 Å². The summed E-state index contributed by atoms with van der Waals surface area (Å²) >= 11 is 0. The number of carbonyl (C=O) groups excluding carboxylic acids is 5. The van der Waals surface area contributed by atoms with Crippen molar-refractivity contribution in [3.8, 4) is 0 Å². The Morgan fingerprint density at radius 1 is 1.17 bits per heavy atom. The summed E-state index contributed by atoms with van der Waals surface area (Å²) in [6.45, 7) is 2.16. The number of amides is 5. The normalized spacial score (nSPS) is 18.3. The van der Waals surface area contributed by atoms with E-state index in [1.807, 2.05) is 0 Å². The molecule has 0 aliphatic carbocycles. The van der Waals surface area contributed by atoms with Crippen LogP contribution in [0.4, 0.5) is 10.5 Å². The van der Waals surface area contributed by atoms with Gasteiger partial charge >= 0.3 is 12.0 Å². The molecule has 0 unspecified atom stereocenters. The molecule has 1 aliphatic heterocycles. The zero-order valence-electron chi connectivity index (χ0n) is 16.8. The number of ether oxygens (including phenoxy) is 1. The number of imide groups is 1. The molecule has 2 N–H and O–H groups in total. The minimum atomic E-state index is -1.05. The van der Waals surface area contributed by atoms with Gasteiger partial charge in [-0.05, 0) is 37.6 Å². The van der Waals surface area contributed by atoms with Crippen molar-refractivity contribution in [3.05, 3.63) is 29.8 Å². The third-order valence-electron chi connectivity index (χ3n) is 4.53. The van der Waals surface area contributed by atoms with Crippen molar-refractivity contribution in [2.75, 3.05) is 32.6 Å². The predicted molar refractivity (Wildman–Crippen MR) is 103 cm³/mol. The molecule has 0 saturated carbocycles. The number of nitrogens with one attached hydrogen (secondary N) is 2. The van der Waals surface area contributed by atoms with Gasteiger partial charge in [-0.15, -0.1) is 0 Å². The lowest BCUT2D eigenvalue weighted by Gasteiger charge is -2.18. The highest BCUT2D eigenvalue weighted by molar-refractivity contribution is 6.08. The summed E-state index contributed by atoms with van der Waals surface area (Å²) in [6, 6.07) is 5.55. The van der Waals surface area contributed by atoms with E-state index in [1.165, 1.54) is 4.90 Å². The van der Waals surface area contributed by atoms with Gasteiger partial charge < -0.3 is 20.3 Å². The number of rotatable bonds is 7. The van der Waals surface area contributed by atoms with Gasteiger partial charge in [0.1, 0.15) is 12.1 Å². The summed E-state index contributed by atoms with van der Waals surface area (Å²) in [5.41, 5.74) is -0.157. The van der Waals surface area contributed by atoms with Gasteiger partial charge in [0, 0.05) is 25.3 Å². The highest BCUT2D eigenvalue weighted by Crippen LogP contribution is 2.20. The van der Waals surface area contributed by atoms with Crippen LogP contribution in [0.3, 0.4) is 0 Å². The van der Waals surface area contributed by atoms with Gasteiger partial charge in [-0.1, -0.05) is 6.92 Å². The van der Waals surface area contributed by atoms with Crippen LogP contribution in [0.2, 0.25) is 0 Å². The third-order valence-corrected chi connectivity index (χ3v) is 4.53. The van der Waals surface area contributed by atoms with Crippen LogP contribution >= 0.6 is 0 Å². The molecule has 0 aromatic heterocycles. The molecule has 1 aromatic carbocycles. The van der Waals surface area contributed by atoms with E-state index in [0.29, 0.717) is 17.7 Å². The fourth-order valence-corrected chi connectivity index (χ4v) is 2.60. The quantitative estimate of drug-likeness (QED) is 0.506. The Kier molecular flexibility index (Phi) is 6.57. The van der Waals surface area contributed by atoms with E-state index >= 15 is 0 Å². The number of urea groups is 1. The Bertz CT molecular complexity index is 836. The maximum absolute atomic E-state index is 12.2. The number of esters is 1. The van der Waals surface area contributed by atoms with E-state index in [0.717, 1.165) is 4.90 Å². The summed E-state index contributed by atoms with van der Waals surface area (Å²) in [7, 11) is 3.27. The molecule has 0 spiro atoms. The summed E-state index contributed by atoms with van der Waals surface area (Å²) in [4.78, 5) is 62.0. The fourth-order valence-electron chi connectivity index (χ4n) is 2.60. The first-order valence-electron chi connectivity index (χ1n) is 8.98. The fraction of sp³-hybridized carbons (Fsp3) is 0.421. The molecule has 1 aromatic rings. The van der Waals surface area contributed by atoms with Crippen molar-refractivity contribution in [3.63, 3.8) is 0 Å². The molecule has 1 fully saturated rings. The molecule has 1 heterocycles. The zero-order valence-corrected chi connectivity index (χ0v) is 16.8. The molecule has 2 rings (SSSR count). The van der Waals surface area contributed by atoms with E-state index in [-0.39, 0.29) is 5.91 Å². The number of hydrogen-bond donors (Lipinski definition) is 2.